The predicted octanol–water partition coefficient (Wildman–Crippen LogP) is 3.89. The Kier molecular flexibility index (Phi) is 5.04. The number of hydrogen-bond acceptors (Lipinski definition) is 3. The normalized spacial score (nSPS) is 39.2. The van der Waals surface area contributed by atoms with Crippen LogP contribution in [0.3, 0.4) is 0 Å². The van der Waals surface area contributed by atoms with Crippen LogP contribution >= 0.6 is 0 Å². The number of alkyl halides is 5. The summed E-state index contributed by atoms with van der Waals surface area (Å²) >= 11 is 0. The second-order valence-electron chi connectivity index (χ2n) is 9.62. The zero-order chi connectivity index (χ0) is 21.3. The summed E-state index contributed by atoms with van der Waals surface area (Å²) in [6.45, 7) is 1.19. The quantitative estimate of drug-likeness (QED) is 0.652. The van der Waals surface area contributed by atoms with Crippen molar-refractivity contribution < 1.29 is 26.2 Å². The van der Waals surface area contributed by atoms with E-state index in [1.807, 2.05) is 0 Å². The Bertz CT molecular complexity index is 831. The summed E-state index contributed by atoms with van der Waals surface area (Å²) in [4.78, 5) is 2.51. The van der Waals surface area contributed by atoms with Crippen molar-refractivity contribution in [1.29, 1.82) is 0 Å². The Hall–Kier alpha value is -1.03. The number of piperidine rings is 1. The van der Waals surface area contributed by atoms with Crippen LogP contribution < -0.4 is 0 Å². The lowest BCUT2D eigenvalue weighted by Crippen LogP contribution is -2.48. The van der Waals surface area contributed by atoms with E-state index < -0.39 is 35.6 Å². The van der Waals surface area contributed by atoms with Crippen LogP contribution in [0.2, 0.25) is 0 Å². The Labute approximate surface area is 174 Å². The molecule has 6 atom stereocenters. The van der Waals surface area contributed by atoms with Crippen molar-refractivity contribution in [2.75, 3.05) is 24.6 Å². The molecule has 0 amide bonds. The van der Waals surface area contributed by atoms with E-state index in [4.69, 9.17) is 0 Å². The number of fused-ring (bicyclic) bond motifs is 1. The van der Waals surface area contributed by atoms with Gasteiger partial charge in [-0.2, -0.15) is 18.3 Å². The van der Waals surface area contributed by atoms with E-state index in [1.54, 1.807) is 0 Å². The molecule has 3 heterocycles. The Balaban J connectivity index is 1.27. The van der Waals surface area contributed by atoms with Gasteiger partial charge in [-0.05, 0) is 62.0 Å². The van der Waals surface area contributed by atoms with Gasteiger partial charge < -0.3 is 0 Å². The van der Waals surface area contributed by atoms with Crippen molar-refractivity contribution in [3.8, 4) is 0 Å². The second kappa shape index (κ2) is 7.25. The summed E-state index contributed by atoms with van der Waals surface area (Å²) in [5, 5.41) is 3.45. The number of likely N-dealkylation sites (tertiary alicyclic amines) is 1. The van der Waals surface area contributed by atoms with Gasteiger partial charge in [0.2, 0.25) is 0 Å². The minimum absolute atomic E-state index is 0.0960. The zero-order valence-electron chi connectivity index (χ0n) is 16.6. The maximum Gasteiger partial charge on any atom is 0.435 e. The van der Waals surface area contributed by atoms with E-state index in [9.17, 15) is 26.2 Å². The molecule has 2 saturated carbocycles. The molecule has 0 N–H and O–H groups in total. The third-order valence-electron chi connectivity index (χ3n) is 7.71. The molecule has 2 saturated heterocycles. The fraction of sp³-hybridized carbons (Fsp3) is 0.850. The molecule has 3 unspecified atom stereocenters. The van der Waals surface area contributed by atoms with Gasteiger partial charge in [0.05, 0.1) is 0 Å². The van der Waals surface area contributed by atoms with Crippen LogP contribution in [0, 0.1) is 17.3 Å². The summed E-state index contributed by atoms with van der Waals surface area (Å²) in [6.07, 6.45) is -2.32. The Morgan fingerprint density at radius 2 is 1.97 bits per heavy atom. The standard InChI is InChI=1S/C20H26F5N3OS/c21-17(22)9-28-15(8-16(26-28)20(23,24)25)18-13-6-12(7-14(13)18)27-4-1-2-19(10-27)3-5-30(29)11-19/h8,12-14,17-18H,1-7,9-11H2/t12?,13-,14+,18?,19-,30?/m1/s1. The molecular formula is C20H26F5N3OS. The number of aromatic nitrogens is 2. The minimum atomic E-state index is -4.63. The van der Waals surface area contributed by atoms with Gasteiger partial charge >= 0.3 is 6.18 Å². The lowest BCUT2D eigenvalue weighted by atomic mass is 9.79. The van der Waals surface area contributed by atoms with Gasteiger partial charge in [-0.25, -0.2) is 8.78 Å². The molecule has 0 aromatic carbocycles. The van der Waals surface area contributed by atoms with Crippen LogP contribution in [-0.2, 0) is 23.5 Å². The molecule has 2 aliphatic heterocycles. The van der Waals surface area contributed by atoms with E-state index >= 15 is 0 Å². The molecule has 4 fully saturated rings. The molecule has 0 radical (unpaired) electrons. The molecule has 168 valence electrons. The third-order valence-corrected chi connectivity index (χ3v) is 9.30. The highest BCUT2D eigenvalue weighted by Gasteiger charge is 2.59. The van der Waals surface area contributed by atoms with E-state index in [1.165, 1.54) is 0 Å². The SMILES string of the molecule is O=S1CC[C@@]2(CCCN(C3C[C@@H]4C(c5cc(C(F)(F)F)nn5CC(F)F)[C@@H]4C3)C2)C1. The molecule has 1 aromatic rings. The zero-order valence-corrected chi connectivity index (χ0v) is 17.4. The third kappa shape index (κ3) is 3.72. The monoisotopic (exact) mass is 451 g/mol. The van der Waals surface area contributed by atoms with Crippen molar-refractivity contribution in [3.63, 3.8) is 0 Å². The van der Waals surface area contributed by atoms with Gasteiger partial charge in [0.25, 0.3) is 6.43 Å². The Morgan fingerprint density at radius 1 is 1.23 bits per heavy atom. The number of nitrogens with zero attached hydrogens (tertiary/aromatic N) is 3. The summed E-state index contributed by atoms with van der Waals surface area (Å²) in [5.41, 5.74) is -0.587. The van der Waals surface area contributed by atoms with E-state index in [2.05, 4.69) is 10.00 Å². The first-order valence-corrected chi connectivity index (χ1v) is 12.2. The average molecular weight is 452 g/mol. The lowest BCUT2D eigenvalue weighted by molar-refractivity contribution is -0.141. The fourth-order valence-electron chi connectivity index (χ4n) is 6.36. The van der Waals surface area contributed by atoms with Gasteiger partial charge in [0, 0.05) is 46.5 Å². The van der Waals surface area contributed by atoms with E-state index in [-0.39, 0.29) is 23.2 Å². The van der Waals surface area contributed by atoms with Crippen molar-refractivity contribution in [3.05, 3.63) is 17.5 Å². The molecular weight excluding hydrogens is 425 g/mol. The number of rotatable bonds is 4. The lowest BCUT2D eigenvalue weighted by Gasteiger charge is -2.43. The molecule has 0 bridgehead atoms. The smallest absolute Gasteiger partial charge is 0.300 e. The highest BCUT2D eigenvalue weighted by molar-refractivity contribution is 7.85. The number of hydrogen-bond donors (Lipinski definition) is 0. The predicted molar refractivity (Wildman–Crippen MR) is 102 cm³/mol. The fourth-order valence-corrected chi connectivity index (χ4v) is 8.23. The van der Waals surface area contributed by atoms with E-state index in [0.29, 0.717) is 11.7 Å². The van der Waals surface area contributed by atoms with Crippen LogP contribution in [0.25, 0.3) is 0 Å². The van der Waals surface area contributed by atoms with Gasteiger partial charge in [0.1, 0.15) is 6.54 Å². The Morgan fingerprint density at radius 3 is 2.57 bits per heavy atom. The maximum atomic E-state index is 13.1. The average Bonchev–Trinajstić information content (AvgIpc) is 3.03. The second-order valence-corrected chi connectivity index (χ2v) is 11.2. The van der Waals surface area contributed by atoms with Gasteiger partial charge in [-0.3, -0.25) is 13.8 Å². The minimum Gasteiger partial charge on any atom is -0.300 e. The summed E-state index contributed by atoms with van der Waals surface area (Å²) in [7, 11) is -0.707. The van der Waals surface area contributed by atoms with Crippen molar-refractivity contribution >= 4 is 10.8 Å². The van der Waals surface area contributed by atoms with Crippen LogP contribution in [0.5, 0.6) is 0 Å². The highest BCUT2D eigenvalue weighted by Crippen LogP contribution is 2.64. The van der Waals surface area contributed by atoms with Crippen LogP contribution in [0.15, 0.2) is 6.07 Å². The van der Waals surface area contributed by atoms with Crippen molar-refractivity contribution in [2.24, 2.45) is 17.3 Å². The first-order valence-electron chi connectivity index (χ1n) is 10.7. The van der Waals surface area contributed by atoms with E-state index in [0.717, 1.165) is 67.4 Å². The first kappa shape index (κ1) is 20.8. The molecule has 4 aliphatic rings. The molecule has 5 rings (SSSR count). The molecule has 4 nitrogen and oxygen atoms in total. The topological polar surface area (TPSA) is 38.1 Å². The molecule has 1 spiro atoms. The summed E-state index contributed by atoms with van der Waals surface area (Å²) in [6, 6.07) is 1.38. The first-order chi connectivity index (χ1) is 14.2. The van der Waals surface area contributed by atoms with Crippen LogP contribution in [-0.4, -0.2) is 56.0 Å². The maximum absolute atomic E-state index is 13.1. The van der Waals surface area contributed by atoms with Crippen LogP contribution in [0.4, 0.5) is 22.0 Å². The van der Waals surface area contributed by atoms with Crippen molar-refractivity contribution in [1.82, 2.24) is 14.7 Å². The number of halogens is 5. The molecule has 30 heavy (non-hydrogen) atoms. The van der Waals surface area contributed by atoms with Gasteiger partial charge in [-0.1, -0.05) is 0 Å². The summed E-state index contributed by atoms with van der Waals surface area (Å²) < 4.78 is 77.8. The molecule has 10 heteroatoms. The molecule has 2 aliphatic carbocycles. The molecule has 1 aromatic heterocycles. The van der Waals surface area contributed by atoms with Crippen LogP contribution in [0.1, 0.15) is 49.4 Å². The summed E-state index contributed by atoms with van der Waals surface area (Å²) in [5.74, 6) is 1.99. The van der Waals surface area contributed by atoms with Gasteiger partial charge in [-0.15, -0.1) is 0 Å². The highest BCUT2D eigenvalue weighted by atomic mass is 32.2. The van der Waals surface area contributed by atoms with Gasteiger partial charge in [0.15, 0.2) is 5.69 Å². The largest absolute Gasteiger partial charge is 0.435 e. The van der Waals surface area contributed by atoms with Crippen molar-refractivity contribution in [2.45, 2.75) is 63.2 Å².